The van der Waals surface area contributed by atoms with Crippen molar-refractivity contribution < 1.29 is 0 Å². The monoisotopic (exact) mass is 262 g/mol. The Morgan fingerprint density at radius 3 is 2.33 bits per heavy atom. The number of benzene rings is 1. The highest BCUT2D eigenvalue weighted by atomic mass is 32.1. The van der Waals surface area contributed by atoms with E-state index in [4.69, 9.17) is 18.0 Å². The molecular formula is C15H22N2S. The summed E-state index contributed by atoms with van der Waals surface area (Å²) in [6.07, 6.45) is 2.22. The molecule has 0 unspecified atom stereocenters. The highest BCUT2D eigenvalue weighted by molar-refractivity contribution is 7.80. The fourth-order valence-electron chi connectivity index (χ4n) is 2.43. The Morgan fingerprint density at radius 2 is 1.83 bits per heavy atom. The minimum Gasteiger partial charge on any atom is -0.393 e. The zero-order valence-corrected chi connectivity index (χ0v) is 12.1. The molecule has 1 heterocycles. The number of nitrogens with two attached hydrogens (primary N) is 1. The van der Waals surface area contributed by atoms with E-state index in [1.165, 1.54) is 11.1 Å². The maximum absolute atomic E-state index is 5.75. The van der Waals surface area contributed by atoms with Crippen molar-refractivity contribution in [2.75, 3.05) is 6.54 Å². The van der Waals surface area contributed by atoms with Crippen LogP contribution in [0.3, 0.4) is 0 Å². The van der Waals surface area contributed by atoms with Crippen molar-refractivity contribution in [2.45, 2.75) is 39.8 Å². The summed E-state index contributed by atoms with van der Waals surface area (Å²) in [4.78, 5) is 3.13. The van der Waals surface area contributed by atoms with Gasteiger partial charge in [0.25, 0.3) is 0 Å². The number of rotatable bonds is 5. The molecule has 0 spiro atoms. The SMILES string of the molecule is CC(C)(CCCN1Cc2ccccc2C1)C(N)=S. The van der Waals surface area contributed by atoms with Crippen molar-refractivity contribution in [3.05, 3.63) is 35.4 Å². The van der Waals surface area contributed by atoms with E-state index < -0.39 is 0 Å². The number of fused-ring (bicyclic) bond motifs is 1. The quantitative estimate of drug-likeness (QED) is 0.827. The Hall–Kier alpha value is -0.930. The third-order valence-corrected chi connectivity index (χ3v) is 4.40. The van der Waals surface area contributed by atoms with Crippen LogP contribution >= 0.6 is 12.2 Å². The van der Waals surface area contributed by atoms with Crippen LogP contribution in [-0.2, 0) is 13.1 Å². The molecule has 1 aliphatic heterocycles. The zero-order chi connectivity index (χ0) is 13.2. The summed E-state index contributed by atoms with van der Waals surface area (Å²) in [7, 11) is 0. The van der Waals surface area contributed by atoms with Crippen molar-refractivity contribution in [1.82, 2.24) is 4.90 Å². The lowest BCUT2D eigenvalue weighted by Gasteiger charge is -2.24. The first-order chi connectivity index (χ1) is 8.49. The molecule has 98 valence electrons. The van der Waals surface area contributed by atoms with Gasteiger partial charge < -0.3 is 5.73 Å². The third kappa shape index (κ3) is 3.09. The summed E-state index contributed by atoms with van der Waals surface area (Å²) in [5.74, 6) is 0. The van der Waals surface area contributed by atoms with Crippen LogP contribution < -0.4 is 5.73 Å². The van der Waals surface area contributed by atoms with Gasteiger partial charge in [0.2, 0.25) is 0 Å². The van der Waals surface area contributed by atoms with E-state index in [1.54, 1.807) is 0 Å². The normalized spacial score (nSPS) is 15.7. The van der Waals surface area contributed by atoms with E-state index in [0.717, 1.165) is 32.5 Å². The summed E-state index contributed by atoms with van der Waals surface area (Å²) < 4.78 is 0. The van der Waals surface area contributed by atoms with Crippen LogP contribution in [0.5, 0.6) is 0 Å². The molecular weight excluding hydrogens is 240 g/mol. The minimum absolute atomic E-state index is 0.0120. The topological polar surface area (TPSA) is 29.3 Å². The van der Waals surface area contributed by atoms with Crippen molar-refractivity contribution in [3.63, 3.8) is 0 Å². The van der Waals surface area contributed by atoms with Gasteiger partial charge in [-0.3, -0.25) is 4.90 Å². The number of hydrogen-bond acceptors (Lipinski definition) is 2. The Balaban J connectivity index is 1.79. The molecule has 2 N–H and O–H groups in total. The Labute approximate surface area is 115 Å². The van der Waals surface area contributed by atoms with Crippen LogP contribution in [0.2, 0.25) is 0 Å². The van der Waals surface area contributed by atoms with E-state index >= 15 is 0 Å². The number of thiocarbonyl (C=S) groups is 1. The fourth-order valence-corrected chi connectivity index (χ4v) is 2.53. The molecule has 0 aromatic heterocycles. The smallest absolute Gasteiger partial charge is 0.0784 e. The molecule has 0 amide bonds. The Morgan fingerprint density at radius 1 is 1.28 bits per heavy atom. The molecule has 0 radical (unpaired) electrons. The van der Waals surface area contributed by atoms with Gasteiger partial charge in [0.15, 0.2) is 0 Å². The first-order valence-electron chi connectivity index (χ1n) is 6.58. The van der Waals surface area contributed by atoms with Crippen molar-refractivity contribution >= 4 is 17.2 Å². The van der Waals surface area contributed by atoms with E-state index in [2.05, 4.69) is 43.0 Å². The molecule has 0 atom stereocenters. The maximum Gasteiger partial charge on any atom is 0.0784 e. The van der Waals surface area contributed by atoms with Crippen LogP contribution in [0.4, 0.5) is 0 Å². The van der Waals surface area contributed by atoms with Gasteiger partial charge in [-0.25, -0.2) is 0 Å². The lowest BCUT2D eigenvalue weighted by molar-refractivity contribution is 0.265. The second-order valence-electron chi connectivity index (χ2n) is 5.83. The Bertz CT molecular complexity index is 415. The van der Waals surface area contributed by atoms with E-state index in [9.17, 15) is 0 Å². The van der Waals surface area contributed by atoms with Gasteiger partial charge in [-0.15, -0.1) is 0 Å². The second kappa shape index (κ2) is 5.37. The van der Waals surface area contributed by atoms with E-state index in [0.29, 0.717) is 4.99 Å². The van der Waals surface area contributed by atoms with E-state index in [-0.39, 0.29) is 5.41 Å². The summed E-state index contributed by atoms with van der Waals surface area (Å²) in [6.45, 7) is 7.57. The van der Waals surface area contributed by atoms with Crippen LogP contribution in [0.15, 0.2) is 24.3 Å². The molecule has 0 aliphatic carbocycles. The fraction of sp³-hybridized carbons (Fsp3) is 0.533. The summed E-state index contributed by atoms with van der Waals surface area (Å²) >= 11 is 5.10. The first-order valence-corrected chi connectivity index (χ1v) is 6.99. The zero-order valence-electron chi connectivity index (χ0n) is 11.3. The highest BCUT2D eigenvalue weighted by Gasteiger charge is 2.22. The van der Waals surface area contributed by atoms with Crippen LogP contribution in [-0.4, -0.2) is 16.4 Å². The molecule has 0 bridgehead atoms. The molecule has 2 rings (SSSR count). The van der Waals surface area contributed by atoms with Crippen LogP contribution in [0.25, 0.3) is 0 Å². The van der Waals surface area contributed by atoms with Crippen molar-refractivity contribution in [2.24, 2.45) is 11.1 Å². The van der Waals surface area contributed by atoms with Gasteiger partial charge in [-0.05, 0) is 30.5 Å². The maximum atomic E-state index is 5.75. The molecule has 3 heteroatoms. The second-order valence-corrected chi connectivity index (χ2v) is 6.27. The number of nitrogens with zero attached hydrogens (tertiary/aromatic N) is 1. The standard InChI is InChI=1S/C15H22N2S/c1-15(2,14(16)18)8-5-9-17-10-12-6-3-4-7-13(12)11-17/h3-4,6-7H,5,8-11H2,1-2H3,(H2,16,18). The molecule has 18 heavy (non-hydrogen) atoms. The molecule has 0 fully saturated rings. The predicted molar refractivity (Wildman–Crippen MR) is 80.4 cm³/mol. The van der Waals surface area contributed by atoms with Gasteiger partial charge in [-0.1, -0.05) is 50.3 Å². The summed E-state index contributed by atoms with van der Waals surface area (Å²) in [5, 5.41) is 0. The average molecular weight is 262 g/mol. The average Bonchev–Trinajstić information content (AvgIpc) is 2.70. The minimum atomic E-state index is -0.0120. The molecule has 1 aromatic rings. The van der Waals surface area contributed by atoms with Crippen LogP contribution in [0.1, 0.15) is 37.8 Å². The van der Waals surface area contributed by atoms with Crippen LogP contribution in [0, 0.1) is 5.41 Å². The largest absolute Gasteiger partial charge is 0.393 e. The van der Waals surface area contributed by atoms with Gasteiger partial charge in [-0.2, -0.15) is 0 Å². The molecule has 0 saturated heterocycles. The lowest BCUT2D eigenvalue weighted by atomic mass is 9.88. The van der Waals surface area contributed by atoms with Crippen molar-refractivity contribution in [1.29, 1.82) is 0 Å². The van der Waals surface area contributed by atoms with Gasteiger partial charge >= 0.3 is 0 Å². The highest BCUT2D eigenvalue weighted by Crippen LogP contribution is 2.26. The molecule has 1 aromatic carbocycles. The predicted octanol–water partition coefficient (Wildman–Crippen LogP) is 3.09. The van der Waals surface area contributed by atoms with Gasteiger partial charge in [0.1, 0.15) is 0 Å². The van der Waals surface area contributed by atoms with Crippen molar-refractivity contribution in [3.8, 4) is 0 Å². The first kappa shape index (κ1) is 13.5. The summed E-state index contributed by atoms with van der Waals surface area (Å²) in [5.41, 5.74) is 8.69. The van der Waals surface area contributed by atoms with E-state index in [1.807, 2.05) is 0 Å². The van der Waals surface area contributed by atoms with Gasteiger partial charge in [0, 0.05) is 18.5 Å². The molecule has 0 saturated carbocycles. The lowest BCUT2D eigenvalue weighted by Crippen LogP contribution is -2.30. The number of hydrogen-bond donors (Lipinski definition) is 1. The summed E-state index contributed by atoms with van der Waals surface area (Å²) in [6, 6.07) is 8.71. The third-order valence-electron chi connectivity index (χ3n) is 3.85. The molecule has 1 aliphatic rings. The molecule has 2 nitrogen and oxygen atoms in total. The van der Waals surface area contributed by atoms with Gasteiger partial charge in [0.05, 0.1) is 4.99 Å². The Kier molecular flexibility index (Phi) is 4.03.